The lowest BCUT2D eigenvalue weighted by atomic mass is 9.96. The third-order valence-corrected chi connectivity index (χ3v) is 9.84. The van der Waals surface area contributed by atoms with E-state index in [4.69, 9.17) is 0 Å². The van der Waals surface area contributed by atoms with Gasteiger partial charge in [-0.1, -0.05) is 72.3 Å². The molecule has 0 radical (unpaired) electrons. The SMILES string of the molecule is Cc1cc(C)c(N2C(=O)c3cccc(-n4c5ccc(-c6ccccc6C(F)(F)F)cc5c5cc(-c6ccccc6C(F)(F)F)ccc54)c3C2=O)c(C)c1. The molecule has 0 spiro atoms. The van der Waals surface area contributed by atoms with Crippen molar-refractivity contribution in [1.82, 2.24) is 4.57 Å². The van der Waals surface area contributed by atoms with Gasteiger partial charge in [0.2, 0.25) is 0 Å². The van der Waals surface area contributed by atoms with Gasteiger partial charge in [-0.2, -0.15) is 26.3 Å². The molecule has 7 aromatic rings. The van der Waals surface area contributed by atoms with E-state index < -0.39 is 35.3 Å². The van der Waals surface area contributed by atoms with Crippen molar-refractivity contribution < 1.29 is 35.9 Å². The van der Waals surface area contributed by atoms with E-state index in [0.717, 1.165) is 28.8 Å². The first-order valence-electron chi connectivity index (χ1n) is 16.7. The van der Waals surface area contributed by atoms with E-state index in [-0.39, 0.29) is 33.4 Å². The summed E-state index contributed by atoms with van der Waals surface area (Å²) in [5.41, 5.74) is 3.22. The van der Waals surface area contributed by atoms with Gasteiger partial charge in [0.1, 0.15) is 0 Å². The highest BCUT2D eigenvalue weighted by atomic mass is 19.4. The molecule has 0 fully saturated rings. The van der Waals surface area contributed by atoms with Crippen LogP contribution in [0.2, 0.25) is 0 Å². The van der Waals surface area contributed by atoms with Gasteiger partial charge in [-0.25, -0.2) is 4.90 Å². The second-order valence-electron chi connectivity index (χ2n) is 13.3. The van der Waals surface area contributed by atoms with Gasteiger partial charge in [-0.15, -0.1) is 0 Å². The van der Waals surface area contributed by atoms with Gasteiger partial charge in [0.05, 0.1) is 44.7 Å². The molecule has 264 valence electrons. The fourth-order valence-electron chi connectivity index (χ4n) is 7.76. The standard InChI is InChI=1S/C43H28F6N2O2/c1-23-19-24(2)39(25(3)20-23)51-40(52)30-11-8-14-37(38(30)41(51)53)50-35-17-15-26(28-9-4-6-12-33(28)42(44,45)46)21-31(35)32-22-27(16-18-36(32)50)29-10-5-7-13-34(29)43(47,48)49/h4-22H,1-3H3. The molecule has 2 heterocycles. The molecule has 4 nitrogen and oxygen atoms in total. The highest BCUT2D eigenvalue weighted by molar-refractivity contribution is 6.36. The summed E-state index contributed by atoms with van der Waals surface area (Å²) in [5.74, 6) is -1.04. The molecule has 0 saturated heterocycles. The van der Waals surface area contributed by atoms with Crippen molar-refractivity contribution in [3.05, 3.63) is 154 Å². The van der Waals surface area contributed by atoms with Crippen molar-refractivity contribution in [3.8, 4) is 27.9 Å². The number of alkyl halides is 6. The summed E-state index contributed by atoms with van der Waals surface area (Å²) in [4.78, 5) is 29.6. The number of hydrogen-bond acceptors (Lipinski definition) is 2. The van der Waals surface area contributed by atoms with Gasteiger partial charge in [0.25, 0.3) is 11.8 Å². The summed E-state index contributed by atoms with van der Waals surface area (Å²) in [7, 11) is 0. The molecule has 0 N–H and O–H groups in total. The number of imide groups is 1. The Hall–Kier alpha value is -6.16. The molecule has 8 rings (SSSR count). The summed E-state index contributed by atoms with van der Waals surface area (Å²) >= 11 is 0. The van der Waals surface area contributed by atoms with Crippen LogP contribution >= 0.6 is 0 Å². The van der Waals surface area contributed by atoms with Crippen LogP contribution in [-0.4, -0.2) is 16.4 Å². The number of anilines is 1. The maximum atomic E-state index is 14.4. The lowest BCUT2D eigenvalue weighted by Gasteiger charge is -2.20. The van der Waals surface area contributed by atoms with Crippen molar-refractivity contribution in [3.63, 3.8) is 0 Å². The second-order valence-corrected chi connectivity index (χ2v) is 13.3. The number of carbonyl (C=O) groups excluding carboxylic acids is 2. The first-order chi connectivity index (χ1) is 25.1. The molecule has 0 aliphatic carbocycles. The van der Waals surface area contributed by atoms with E-state index in [1.54, 1.807) is 59.2 Å². The molecule has 53 heavy (non-hydrogen) atoms. The average molecular weight is 719 g/mol. The number of amides is 2. The average Bonchev–Trinajstić information content (AvgIpc) is 3.57. The van der Waals surface area contributed by atoms with Crippen LogP contribution in [0.4, 0.5) is 32.0 Å². The molecular formula is C43H28F6N2O2. The van der Waals surface area contributed by atoms with Crippen LogP contribution in [0, 0.1) is 20.8 Å². The first-order valence-corrected chi connectivity index (χ1v) is 16.7. The molecule has 0 unspecified atom stereocenters. The number of benzene rings is 6. The zero-order chi connectivity index (χ0) is 37.6. The van der Waals surface area contributed by atoms with Crippen LogP contribution in [0.15, 0.2) is 115 Å². The number of aromatic nitrogens is 1. The lowest BCUT2D eigenvalue weighted by Crippen LogP contribution is -2.31. The highest BCUT2D eigenvalue weighted by Crippen LogP contribution is 2.44. The van der Waals surface area contributed by atoms with E-state index >= 15 is 0 Å². The molecular weight excluding hydrogens is 690 g/mol. The summed E-state index contributed by atoms with van der Waals surface area (Å²) < 4.78 is 86.7. The third kappa shape index (κ3) is 5.39. The van der Waals surface area contributed by atoms with Crippen molar-refractivity contribution in [1.29, 1.82) is 0 Å². The minimum atomic E-state index is -4.65. The van der Waals surface area contributed by atoms with Crippen molar-refractivity contribution in [2.45, 2.75) is 33.1 Å². The predicted octanol–water partition coefficient (Wildman–Crippen LogP) is 11.9. The quantitative estimate of drug-likeness (QED) is 0.134. The van der Waals surface area contributed by atoms with Gasteiger partial charge in [-0.3, -0.25) is 9.59 Å². The minimum Gasteiger partial charge on any atom is -0.308 e. The topological polar surface area (TPSA) is 42.3 Å². The normalized spacial score (nSPS) is 13.4. The Labute approximate surface area is 299 Å². The summed E-state index contributed by atoms with van der Waals surface area (Å²) in [6.07, 6.45) is -9.29. The molecule has 1 aromatic heterocycles. The van der Waals surface area contributed by atoms with E-state index in [0.29, 0.717) is 33.2 Å². The number of hydrogen-bond donors (Lipinski definition) is 0. The van der Waals surface area contributed by atoms with Gasteiger partial charge >= 0.3 is 12.4 Å². The summed E-state index contributed by atoms with van der Waals surface area (Å²) in [6, 6.07) is 28.5. The fraction of sp³-hybridized carbons (Fsp3) is 0.116. The predicted molar refractivity (Wildman–Crippen MR) is 193 cm³/mol. The Bertz CT molecular complexity index is 2550. The number of halogens is 6. The maximum absolute atomic E-state index is 14.4. The Morgan fingerprint density at radius 2 is 0.981 bits per heavy atom. The van der Waals surface area contributed by atoms with Gasteiger partial charge in [0.15, 0.2) is 0 Å². The van der Waals surface area contributed by atoms with Crippen LogP contribution < -0.4 is 4.90 Å². The molecule has 10 heteroatoms. The maximum Gasteiger partial charge on any atom is 0.417 e. The molecule has 2 amide bonds. The van der Waals surface area contributed by atoms with E-state index in [2.05, 4.69) is 0 Å². The van der Waals surface area contributed by atoms with Crippen LogP contribution in [0.5, 0.6) is 0 Å². The zero-order valence-electron chi connectivity index (χ0n) is 28.4. The first kappa shape index (κ1) is 34.0. The number of aryl methyl sites for hydroxylation is 3. The van der Waals surface area contributed by atoms with E-state index in [1.165, 1.54) is 41.3 Å². The molecule has 0 bridgehead atoms. The number of rotatable bonds is 4. The molecule has 6 aromatic carbocycles. The number of fused-ring (bicyclic) bond motifs is 4. The lowest BCUT2D eigenvalue weighted by molar-refractivity contribution is -0.137. The van der Waals surface area contributed by atoms with Gasteiger partial charge in [0, 0.05) is 10.8 Å². The number of nitrogens with zero attached hydrogens (tertiary/aromatic N) is 2. The summed E-state index contributed by atoms with van der Waals surface area (Å²) in [6.45, 7) is 5.58. The Morgan fingerprint density at radius 1 is 0.509 bits per heavy atom. The Kier molecular flexibility index (Phi) is 7.65. The van der Waals surface area contributed by atoms with Gasteiger partial charge in [-0.05, 0) is 103 Å². The fourth-order valence-corrected chi connectivity index (χ4v) is 7.76. The van der Waals surface area contributed by atoms with Crippen LogP contribution in [0.3, 0.4) is 0 Å². The molecule has 1 aliphatic rings. The third-order valence-electron chi connectivity index (χ3n) is 9.84. The van der Waals surface area contributed by atoms with Crippen LogP contribution in [-0.2, 0) is 12.4 Å². The smallest absolute Gasteiger partial charge is 0.308 e. The second kappa shape index (κ2) is 11.9. The van der Waals surface area contributed by atoms with Crippen LogP contribution in [0.1, 0.15) is 48.5 Å². The summed E-state index contributed by atoms with van der Waals surface area (Å²) in [5, 5.41) is 0.884. The largest absolute Gasteiger partial charge is 0.417 e. The highest BCUT2D eigenvalue weighted by Gasteiger charge is 2.41. The molecule has 0 saturated carbocycles. The van der Waals surface area contributed by atoms with E-state index in [1.807, 2.05) is 32.9 Å². The molecule has 0 atom stereocenters. The van der Waals surface area contributed by atoms with Gasteiger partial charge < -0.3 is 4.57 Å². The van der Waals surface area contributed by atoms with Crippen molar-refractivity contribution in [2.75, 3.05) is 4.90 Å². The molecule has 1 aliphatic heterocycles. The minimum absolute atomic E-state index is 0.0674. The Morgan fingerprint density at radius 3 is 1.47 bits per heavy atom. The van der Waals surface area contributed by atoms with Crippen molar-refractivity contribution in [2.24, 2.45) is 0 Å². The van der Waals surface area contributed by atoms with Crippen molar-refractivity contribution >= 4 is 39.3 Å². The number of carbonyl (C=O) groups is 2. The Balaban J connectivity index is 1.41. The van der Waals surface area contributed by atoms with E-state index in [9.17, 15) is 35.9 Å². The zero-order valence-corrected chi connectivity index (χ0v) is 28.4. The van der Waals surface area contributed by atoms with Crippen LogP contribution in [0.25, 0.3) is 49.7 Å². The monoisotopic (exact) mass is 718 g/mol.